The fourth-order valence-electron chi connectivity index (χ4n) is 1.89. The summed E-state index contributed by atoms with van der Waals surface area (Å²) < 4.78 is 3.47. The number of hydrogen-bond acceptors (Lipinski definition) is 1. The van der Waals surface area contributed by atoms with Gasteiger partial charge < -0.3 is 9.88 Å². The molecule has 0 aliphatic carbocycles. The van der Waals surface area contributed by atoms with Gasteiger partial charge in [0.05, 0.1) is 0 Å². The van der Waals surface area contributed by atoms with Crippen LogP contribution in [0.1, 0.15) is 13.3 Å². The third-order valence-corrected chi connectivity index (χ3v) is 3.33. The molecular weight excluding hydrogens is 264 g/mol. The fraction of sp³-hybridized carbons (Fsp3) is 0.385. The van der Waals surface area contributed by atoms with Crippen LogP contribution in [-0.2, 0) is 6.54 Å². The molecule has 0 saturated heterocycles. The lowest BCUT2D eigenvalue weighted by Gasteiger charge is -2.06. The van der Waals surface area contributed by atoms with Crippen molar-refractivity contribution >= 4 is 26.8 Å². The highest BCUT2D eigenvalue weighted by atomic mass is 79.9. The second-order valence-electron chi connectivity index (χ2n) is 3.94. The summed E-state index contributed by atoms with van der Waals surface area (Å²) in [7, 11) is 0. The number of nitrogens with one attached hydrogen (secondary N) is 1. The van der Waals surface area contributed by atoms with Crippen LogP contribution in [0.15, 0.2) is 34.9 Å². The summed E-state index contributed by atoms with van der Waals surface area (Å²) in [6.45, 7) is 5.33. The van der Waals surface area contributed by atoms with Crippen LogP contribution in [0, 0.1) is 0 Å². The van der Waals surface area contributed by atoms with E-state index < -0.39 is 0 Å². The zero-order valence-corrected chi connectivity index (χ0v) is 11.1. The van der Waals surface area contributed by atoms with Crippen molar-refractivity contribution < 1.29 is 0 Å². The molecule has 2 aromatic rings. The highest BCUT2D eigenvalue weighted by Crippen LogP contribution is 2.25. The second kappa shape index (κ2) is 5.51. The summed E-state index contributed by atoms with van der Waals surface area (Å²) >= 11 is 3.60. The van der Waals surface area contributed by atoms with E-state index in [1.807, 2.05) is 0 Å². The van der Waals surface area contributed by atoms with Gasteiger partial charge in [0.15, 0.2) is 0 Å². The SMILES string of the molecule is CCCNCCn1cc(Br)c2ccccc21. The molecular formula is C13H17BrN2. The van der Waals surface area contributed by atoms with Gasteiger partial charge in [-0.2, -0.15) is 0 Å². The molecule has 3 heteroatoms. The maximum absolute atomic E-state index is 3.60. The van der Waals surface area contributed by atoms with Gasteiger partial charge in [0.1, 0.15) is 0 Å². The van der Waals surface area contributed by atoms with E-state index in [9.17, 15) is 0 Å². The standard InChI is InChI=1S/C13H17BrN2/c1-2-7-15-8-9-16-10-12(14)11-5-3-4-6-13(11)16/h3-6,10,15H,2,7-9H2,1H3. The van der Waals surface area contributed by atoms with Crippen molar-refractivity contribution in [1.82, 2.24) is 9.88 Å². The first kappa shape index (κ1) is 11.7. The topological polar surface area (TPSA) is 17.0 Å². The number of para-hydroxylation sites is 1. The molecule has 1 heterocycles. The lowest BCUT2D eigenvalue weighted by atomic mass is 10.2. The molecule has 0 spiro atoms. The van der Waals surface area contributed by atoms with E-state index in [-0.39, 0.29) is 0 Å². The predicted molar refractivity (Wildman–Crippen MR) is 72.8 cm³/mol. The molecule has 2 nitrogen and oxygen atoms in total. The van der Waals surface area contributed by atoms with Crippen LogP contribution in [0.5, 0.6) is 0 Å². The zero-order valence-electron chi connectivity index (χ0n) is 9.54. The lowest BCUT2D eigenvalue weighted by Crippen LogP contribution is -2.20. The third-order valence-electron chi connectivity index (χ3n) is 2.70. The summed E-state index contributed by atoms with van der Waals surface area (Å²) in [5.41, 5.74) is 1.30. The molecule has 0 amide bonds. The van der Waals surface area contributed by atoms with Crippen LogP contribution in [0.3, 0.4) is 0 Å². The summed E-state index contributed by atoms with van der Waals surface area (Å²) in [6, 6.07) is 8.48. The number of nitrogens with zero attached hydrogens (tertiary/aromatic N) is 1. The predicted octanol–water partition coefficient (Wildman–Crippen LogP) is 3.40. The minimum absolute atomic E-state index is 1.02. The van der Waals surface area contributed by atoms with E-state index in [1.165, 1.54) is 21.8 Å². The largest absolute Gasteiger partial charge is 0.345 e. The van der Waals surface area contributed by atoms with Gasteiger partial charge in [-0.05, 0) is 35.0 Å². The minimum Gasteiger partial charge on any atom is -0.345 e. The van der Waals surface area contributed by atoms with Gasteiger partial charge in [0.25, 0.3) is 0 Å². The van der Waals surface area contributed by atoms with E-state index in [4.69, 9.17) is 0 Å². The molecule has 0 atom stereocenters. The Kier molecular flexibility index (Phi) is 4.02. The molecule has 0 fully saturated rings. The number of benzene rings is 1. The van der Waals surface area contributed by atoms with Crippen molar-refractivity contribution in [3.8, 4) is 0 Å². The van der Waals surface area contributed by atoms with Crippen molar-refractivity contribution in [2.45, 2.75) is 19.9 Å². The van der Waals surface area contributed by atoms with Crippen LogP contribution in [0.25, 0.3) is 10.9 Å². The van der Waals surface area contributed by atoms with E-state index in [0.717, 1.165) is 19.6 Å². The maximum atomic E-state index is 3.60. The molecule has 0 aliphatic heterocycles. The van der Waals surface area contributed by atoms with Crippen molar-refractivity contribution in [2.24, 2.45) is 0 Å². The van der Waals surface area contributed by atoms with Crippen LogP contribution < -0.4 is 5.32 Å². The Labute approximate surface area is 105 Å². The number of hydrogen-bond donors (Lipinski definition) is 1. The van der Waals surface area contributed by atoms with Crippen LogP contribution in [-0.4, -0.2) is 17.7 Å². The Morgan fingerprint density at radius 3 is 2.88 bits per heavy atom. The molecule has 0 bridgehead atoms. The fourth-order valence-corrected chi connectivity index (χ4v) is 2.47. The molecule has 1 aromatic carbocycles. The van der Waals surface area contributed by atoms with E-state index in [2.05, 4.69) is 63.2 Å². The van der Waals surface area contributed by atoms with E-state index >= 15 is 0 Å². The molecule has 0 aliphatic rings. The Morgan fingerprint density at radius 2 is 2.06 bits per heavy atom. The van der Waals surface area contributed by atoms with Gasteiger partial charge in [-0.3, -0.25) is 0 Å². The summed E-state index contributed by atoms with van der Waals surface area (Å²) in [5, 5.41) is 4.71. The van der Waals surface area contributed by atoms with Crippen molar-refractivity contribution in [3.05, 3.63) is 34.9 Å². The Hall–Kier alpha value is -0.800. The van der Waals surface area contributed by atoms with Gasteiger partial charge >= 0.3 is 0 Å². The zero-order chi connectivity index (χ0) is 11.4. The second-order valence-corrected chi connectivity index (χ2v) is 4.79. The first-order valence-corrected chi connectivity index (χ1v) is 6.56. The number of aromatic nitrogens is 1. The van der Waals surface area contributed by atoms with Crippen LogP contribution in [0.2, 0.25) is 0 Å². The van der Waals surface area contributed by atoms with Gasteiger partial charge in [-0.15, -0.1) is 0 Å². The lowest BCUT2D eigenvalue weighted by molar-refractivity contribution is 0.604. The van der Waals surface area contributed by atoms with Crippen LogP contribution in [0.4, 0.5) is 0 Å². The highest BCUT2D eigenvalue weighted by molar-refractivity contribution is 9.10. The highest BCUT2D eigenvalue weighted by Gasteiger charge is 2.04. The summed E-state index contributed by atoms with van der Waals surface area (Å²) in [6.07, 6.45) is 3.36. The Bertz CT molecular complexity index is 462. The van der Waals surface area contributed by atoms with Crippen molar-refractivity contribution in [1.29, 1.82) is 0 Å². The molecule has 0 saturated carbocycles. The molecule has 2 rings (SSSR count). The quantitative estimate of drug-likeness (QED) is 0.831. The summed E-state index contributed by atoms with van der Waals surface area (Å²) in [5.74, 6) is 0. The monoisotopic (exact) mass is 280 g/mol. The smallest absolute Gasteiger partial charge is 0.0492 e. The molecule has 1 aromatic heterocycles. The summed E-state index contributed by atoms with van der Waals surface area (Å²) in [4.78, 5) is 0. The third kappa shape index (κ3) is 2.47. The number of fused-ring (bicyclic) bond motifs is 1. The first-order chi connectivity index (χ1) is 7.83. The average Bonchev–Trinajstić information content (AvgIpc) is 2.63. The Balaban J connectivity index is 2.12. The molecule has 86 valence electrons. The maximum Gasteiger partial charge on any atom is 0.0492 e. The number of halogens is 1. The minimum atomic E-state index is 1.02. The van der Waals surface area contributed by atoms with E-state index in [0.29, 0.717) is 0 Å². The molecule has 16 heavy (non-hydrogen) atoms. The first-order valence-electron chi connectivity index (χ1n) is 5.77. The molecule has 1 N–H and O–H groups in total. The molecule has 0 unspecified atom stereocenters. The van der Waals surface area contributed by atoms with Gasteiger partial charge in [0.2, 0.25) is 0 Å². The van der Waals surface area contributed by atoms with Gasteiger partial charge in [-0.25, -0.2) is 0 Å². The molecule has 0 radical (unpaired) electrons. The normalized spacial score (nSPS) is 11.1. The van der Waals surface area contributed by atoms with Crippen LogP contribution >= 0.6 is 15.9 Å². The van der Waals surface area contributed by atoms with Gasteiger partial charge in [0, 0.05) is 34.7 Å². The average molecular weight is 281 g/mol. The van der Waals surface area contributed by atoms with Gasteiger partial charge in [-0.1, -0.05) is 25.1 Å². The Morgan fingerprint density at radius 1 is 1.25 bits per heavy atom. The number of rotatable bonds is 5. The van der Waals surface area contributed by atoms with E-state index in [1.54, 1.807) is 0 Å². The van der Waals surface area contributed by atoms with Crippen molar-refractivity contribution in [2.75, 3.05) is 13.1 Å². The van der Waals surface area contributed by atoms with Crippen molar-refractivity contribution in [3.63, 3.8) is 0 Å².